The summed E-state index contributed by atoms with van der Waals surface area (Å²) in [4.78, 5) is 24.8. The lowest BCUT2D eigenvalue weighted by atomic mass is 10.0. The summed E-state index contributed by atoms with van der Waals surface area (Å²) < 4.78 is 45.3. The molecule has 216 valence electrons. The van der Waals surface area contributed by atoms with Crippen LogP contribution in [0.3, 0.4) is 0 Å². The van der Waals surface area contributed by atoms with E-state index in [9.17, 15) is 13.6 Å². The van der Waals surface area contributed by atoms with Crippen molar-refractivity contribution >= 4 is 12.0 Å². The Balaban J connectivity index is 0.000000192. The van der Waals surface area contributed by atoms with Crippen molar-refractivity contribution in [3.05, 3.63) is 39.7 Å². The molecule has 11 heteroatoms. The molecule has 4 aliphatic rings. The normalized spacial score (nSPS) is 28.1. The first-order chi connectivity index (χ1) is 19.3. The van der Waals surface area contributed by atoms with Crippen LogP contribution in [0, 0.1) is 30.1 Å². The van der Waals surface area contributed by atoms with Crippen molar-refractivity contribution < 1.29 is 23.0 Å². The van der Waals surface area contributed by atoms with E-state index >= 15 is 0 Å². The molecule has 0 radical (unpaired) electrons. The highest BCUT2D eigenvalue weighted by Crippen LogP contribution is 2.51. The summed E-state index contributed by atoms with van der Waals surface area (Å²) in [6.45, 7) is 7.77. The summed E-state index contributed by atoms with van der Waals surface area (Å²) in [5.74, 6) is 4.34. The zero-order chi connectivity index (χ0) is 28.3. The van der Waals surface area contributed by atoms with Crippen molar-refractivity contribution in [2.75, 3.05) is 44.4 Å². The Kier molecular flexibility index (Phi) is 8.68. The Labute approximate surface area is 232 Å². The third-order valence-electron chi connectivity index (χ3n) is 8.07. The number of rotatable bonds is 4. The third kappa shape index (κ3) is 5.99. The summed E-state index contributed by atoms with van der Waals surface area (Å²) in [5.41, 5.74) is -0.134. The monoisotopic (exact) mass is 557 g/mol. The highest BCUT2D eigenvalue weighted by molar-refractivity contribution is 5.56. The highest BCUT2D eigenvalue weighted by Gasteiger charge is 2.50. The molecule has 9 nitrogen and oxygen atoms in total. The summed E-state index contributed by atoms with van der Waals surface area (Å²) in [6, 6.07) is 1.12. The Morgan fingerprint density at radius 1 is 1.18 bits per heavy atom. The SMILES string of the molecule is C#Cc1c(/C=C\C)nc(C(F)F)n1-c1cc(=O)[nH]c(N2CCOCC2)n1.CC1COC2(CC3CCCC3C2)OC1. The van der Waals surface area contributed by atoms with Crippen molar-refractivity contribution in [2.24, 2.45) is 17.8 Å². The molecule has 4 heterocycles. The summed E-state index contributed by atoms with van der Waals surface area (Å²) in [5, 5.41) is 0. The fourth-order valence-electron chi connectivity index (χ4n) is 6.17. The van der Waals surface area contributed by atoms with Gasteiger partial charge in [0.1, 0.15) is 11.5 Å². The molecule has 2 unspecified atom stereocenters. The predicted octanol–water partition coefficient (Wildman–Crippen LogP) is 4.32. The Bertz CT molecular complexity index is 1290. The van der Waals surface area contributed by atoms with Crippen LogP contribution in [0.2, 0.25) is 0 Å². The molecule has 1 N–H and O–H groups in total. The van der Waals surface area contributed by atoms with Crippen molar-refractivity contribution in [3.63, 3.8) is 0 Å². The number of H-pyrrole nitrogens is 1. The lowest BCUT2D eigenvalue weighted by molar-refractivity contribution is -0.279. The van der Waals surface area contributed by atoms with E-state index in [1.54, 1.807) is 13.0 Å². The Hall–Kier alpha value is -3.07. The molecule has 2 aromatic rings. The van der Waals surface area contributed by atoms with E-state index in [1.807, 2.05) is 4.90 Å². The number of alkyl halides is 2. The molecule has 2 aliphatic carbocycles. The van der Waals surface area contributed by atoms with Crippen LogP contribution in [-0.4, -0.2) is 64.8 Å². The van der Waals surface area contributed by atoms with E-state index in [0.717, 1.165) is 35.7 Å². The number of ether oxygens (including phenoxy) is 3. The molecule has 4 fully saturated rings. The van der Waals surface area contributed by atoms with E-state index in [2.05, 4.69) is 27.8 Å². The largest absolute Gasteiger partial charge is 0.378 e. The van der Waals surface area contributed by atoms with Crippen LogP contribution in [-0.2, 0) is 14.2 Å². The quantitative estimate of drug-likeness (QED) is 0.560. The molecule has 2 saturated heterocycles. The number of anilines is 1. The van der Waals surface area contributed by atoms with E-state index in [-0.39, 0.29) is 28.9 Å². The summed E-state index contributed by atoms with van der Waals surface area (Å²) in [6.07, 6.45) is 12.4. The minimum atomic E-state index is -2.88. The molecule has 2 aromatic heterocycles. The smallest absolute Gasteiger partial charge is 0.296 e. The second-order valence-corrected chi connectivity index (χ2v) is 11.0. The molecule has 1 spiro atoms. The third-order valence-corrected chi connectivity index (χ3v) is 8.07. The first-order valence-electron chi connectivity index (χ1n) is 14.0. The number of fused-ring (bicyclic) bond motifs is 1. The second kappa shape index (κ2) is 12.2. The van der Waals surface area contributed by atoms with Gasteiger partial charge < -0.3 is 19.1 Å². The van der Waals surface area contributed by atoms with Gasteiger partial charge in [0.25, 0.3) is 12.0 Å². The van der Waals surface area contributed by atoms with Crippen LogP contribution in [0.1, 0.15) is 69.6 Å². The van der Waals surface area contributed by atoms with Gasteiger partial charge in [0.2, 0.25) is 5.95 Å². The maximum absolute atomic E-state index is 13.5. The molecule has 2 saturated carbocycles. The number of hydrogen-bond acceptors (Lipinski definition) is 7. The number of hydrogen-bond donors (Lipinski definition) is 1. The van der Waals surface area contributed by atoms with Gasteiger partial charge in [0.15, 0.2) is 11.6 Å². The van der Waals surface area contributed by atoms with Gasteiger partial charge in [-0.25, -0.2) is 13.8 Å². The molecule has 2 atom stereocenters. The number of terminal acetylenes is 1. The lowest BCUT2D eigenvalue weighted by Gasteiger charge is -2.37. The number of nitrogens with zero attached hydrogens (tertiary/aromatic N) is 4. The second-order valence-electron chi connectivity index (χ2n) is 11.0. The van der Waals surface area contributed by atoms with Gasteiger partial charge in [-0.2, -0.15) is 4.98 Å². The zero-order valence-corrected chi connectivity index (χ0v) is 23.1. The van der Waals surface area contributed by atoms with E-state index in [1.165, 1.54) is 38.2 Å². The maximum atomic E-state index is 13.5. The Morgan fingerprint density at radius 3 is 2.45 bits per heavy atom. The number of aromatic amines is 1. The first kappa shape index (κ1) is 28.5. The summed E-state index contributed by atoms with van der Waals surface area (Å²) >= 11 is 0. The van der Waals surface area contributed by atoms with E-state index in [4.69, 9.17) is 20.6 Å². The molecular formula is C29H37F2N5O4. The fourth-order valence-corrected chi connectivity index (χ4v) is 6.17. The molecule has 6 rings (SSSR count). The molecule has 0 bridgehead atoms. The van der Waals surface area contributed by atoms with Crippen molar-refractivity contribution in [1.29, 1.82) is 0 Å². The maximum Gasteiger partial charge on any atom is 0.296 e. The lowest BCUT2D eigenvalue weighted by Crippen LogP contribution is -2.41. The minimum absolute atomic E-state index is 0.00162. The van der Waals surface area contributed by atoms with Gasteiger partial charge in [0, 0.05) is 37.9 Å². The van der Waals surface area contributed by atoms with Crippen molar-refractivity contribution in [3.8, 4) is 18.2 Å². The van der Waals surface area contributed by atoms with Gasteiger partial charge in [-0.3, -0.25) is 14.3 Å². The number of allylic oxidation sites excluding steroid dienone is 1. The average molecular weight is 558 g/mol. The number of morpholine rings is 1. The van der Waals surface area contributed by atoms with Crippen molar-refractivity contribution in [1.82, 2.24) is 19.5 Å². The molecule has 0 aromatic carbocycles. The number of imidazole rings is 1. The van der Waals surface area contributed by atoms with Crippen LogP contribution in [0.4, 0.5) is 14.7 Å². The number of halogens is 2. The van der Waals surface area contributed by atoms with Gasteiger partial charge >= 0.3 is 0 Å². The summed E-state index contributed by atoms with van der Waals surface area (Å²) in [7, 11) is 0. The molecular weight excluding hydrogens is 520 g/mol. The number of aromatic nitrogens is 4. The standard InChI is InChI=1S/C17H17F2N5O2.C12H20O2/c1-3-5-11-12(4-2)24(16(20-11)15(18)19)13-10-14(25)22-17(21-13)23-6-8-26-9-7-23;1-9-7-13-12(14-8-9)5-10-3-2-4-11(10)6-12/h2-3,5,10,15H,6-9H2,1H3,(H,21,22,25);9-11H,2-8H2,1H3/b5-3-;. The zero-order valence-electron chi connectivity index (χ0n) is 23.1. The van der Waals surface area contributed by atoms with Crippen molar-refractivity contribution in [2.45, 2.75) is 58.2 Å². The average Bonchev–Trinajstić information content (AvgIpc) is 3.63. The first-order valence-corrected chi connectivity index (χ1v) is 14.0. The van der Waals surface area contributed by atoms with Gasteiger partial charge in [-0.1, -0.05) is 19.4 Å². The Morgan fingerprint density at radius 2 is 1.85 bits per heavy atom. The van der Waals surface area contributed by atoms with Crippen LogP contribution in [0.5, 0.6) is 0 Å². The van der Waals surface area contributed by atoms with Crippen LogP contribution < -0.4 is 10.5 Å². The van der Waals surface area contributed by atoms with Gasteiger partial charge in [0.05, 0.1) is 32.1 Å². The molecule has 2 aliphatic heterocycles. The highest BCUT2D eigenvalue weighted by atomic mass is 19.3. The molecule has 40 heavy (non-hydrogen) atoms. The molecule has 0 amide bonds. The van der Waals surface area contributed by atoms with E-state index < -0.39 is 17.8 Å². The van der Waals surface area contributed by atoms with E-state index in [0.29, 0.717) is 32.2 Å². The predicted molar refractivity (Wildman–Crippen MR) is 146 cm³/mol. The van der Waals surface area contributed by atoms with Gasteiger partial charge in [-0.15, -0.1) is 6.42 Å². The van der Waals surface area contributed by atoms with Crippen LogP contribution in [0.15, 0.2) is 16.9 Å². The minimum Gasteiger partial charge on any atom is -0.378 e. The van der Waals surface area contributed by atoms with Crippen LogP contribution >= 0.6 is 0 Å². The topological polar surface area (TPSA) is 94.5 Å². The fraction of sp³-hybridized carbons (Fsp3) is 0.621. The number of nitrogens with one attached hydrogen (secondary N) is 1. The van der Waals surface area contributed by atoms with Crippen LogP contribution in [0.25, 0.3) is 11.9 Å². The van der Waals surface area contributed by atoms with Gasteiger partial charge in [-0.05, 0) is 43.6 Å².